The fourth-order valence-corrected chi connectivity index (χ4v) is 4.49. The molecule has 0 spiro atoms. The van der Waals surface area contributed by atoms with Crippen molar-refractivity contribution in [2.24, 2.45) is 11.3 Å². The molecule has 1 aromatic rings. The molecule has 2 fully saturated rings. The Kier molecular flexibility index (Phi) is 3.25. The number of thiophene rings is 1. The first-order valence-electron chi connectivity index (χ1n) is 7.02. The Morgan fingerprint density at radius 2 is 2.33 bits per heavy atom. The van der Waals surface area contributed by atoms with E-state index in [1.807, 2.05) is 11.3 Å². The largest absolute Gasteiger partial charge is 0.377 e. The van der Waals surface area contributed by atoms with Gasteiger partial charge in [-0.1, -0.05) is 19.9 Å². The van der Waals surface area contributed by atoms with E-state index in [9.17, 15) is 0 Å². The van der Waals surface area contributed by atoms with E-state index >= 15 is 0 Å². The van der Waals surface area contributed by atoms with Gasteiger partial charge in [-0.05, 0) is 31.2 Å². The van der Waals surface area contributed by atoms with Crippen molar-refractivity contribution in [2.45, 2.75) is 51.8 Å². The van der Waals surface area contributed by atoms with E-state index in [-0.39, 0.29) is 5.41 Å². The molecule has 1 aromatic heterocycles. The Balaban J connectivity index is 1.69. The quantitative estimate of drug-likeness (QED) is 0.901. The molecule has 3 heteroatoms. The van der Waals surface area contributed by atoms with Crippen LogP contribution in [0.15, 0.2) is 17.5 Å². The Morgan fingerprint density at radius 3 is 3.06 bits per heavy atom. The van der Waals surface area contributed by atoms with Gasteiger partial charge in [0, 0.05) is 34.9 Å². The zero-order valence-electron chi connectivity index (χ0n) is 11.5. The summed E-state index contributed by atoms with van der Waals surface area (Å²) < 4.78 is 5.96. The van der Waals surface area contributed by atoms with E-state index < -0.39 is 0 Å². The summed E-state index contributed by atoms with van der Waals surface area (Å²) in [6, 6.07) is 5.41. The number of rotatable bonds is 3. The first kappa shape index (κ1) is 12.6. The van der Waals surface area contributed by atoms with Gasteiger partial charge < -0.3 is 10.1 Å². The zero-order chi connectivity index (χ0) is 12.8. The van der Waals surface area contributed by atoms with Crippen LogP contribution in [-0.2, 0) is 4.74 Å². The topological polar surface area (TPSA) is 21.3 Å². The number of ether oxygens (including phenoxy) is 1. The molecule has 2 heterocycles. The van der Waals surface area contributed by atoms with E-state index in [0.717, 1.165) is 12.5 Å². The van der Waals surface area contributed by atoms with Gasteiger partial charge in [0.05, 0.1) is 6.10 Å². The molecule has 2 nitrogen and oxygen atoms in total. The van der Waals surface area contributed by atoms with E-state index in [0.29, 0.717) is 18.2 Å². The Hall–Kier alpha value is -0.380. The minimum absolute atomic E-state index is 0.274. The number of fused-ring (bicyclic) bond motifs is 1. The summed E-state index contributed by atoms with van der Waals surface area (Å²) in [5, 5.41) is 6.00. The van der Waals surface area contributed by atoms with Gasteiger partial charge in [0.25, 0.3) is 0 Å². The SMILES string of the molecule is C[C@@H](NC1C2CCCOC2C1(C)C)c1cccs1. The van der Waals surface area contributed by atoms with Crippen molar-refractivity contribution in [1.29, 1.82) is 0 Å². The third kappa shape index (κ3) is 1.93. The molecule has 0 radical (unpaired) electrons. The van der Waals surface area contributed by atoms with Gasteiger partial charge in [0.2, 0.25) is 0 Å². The second-order valence-electron chi connectivity index (χ2n) is 6.30. The third-order valence-corrected chi connectivity index (χ3v) is 5.79. The lowest BCUT2D eigenvalue weighted by Gasteiger charge is -2.60. The summed E-state index contributed by atoms with van der Waals surface area (Å²) in [7, 11) is 0. The molecule has 1 aliphatic carbocycles. The number of nitrogens with one attached hydrogen (secondary N) is 1. The Labute approximate surface area is 114 Å². The fourth-order valence-electron chi connectivity index (χ4n) is 3.75. The zero-order valence-corrected chi connectivity index (χ0v) is 12.3. The second-order valence-corrected chi connectivity index (χ2v) is 7.28. The highest BCUT2D eigenvalue weighted by atomic mass is 32.1. The molecular formula is C15H23NOS. The van der Waals surface area contributed by atoms with Crippen LogP contribution in [0, 0.1) is 11.3 Å². The normalized spacial score (nSPS) is 35.6. The van der Waals surface area contributed by atoms with Gasteiger partial charge >= 0.3 is 0 Å². The van der Waals surface area contributed by atoms with Crippen LogP contribution in [0.3, 0.4) is 0 Å². The average molecular weight is 265 g/mol. The van der Waals surface area contributed by atoms with Gasteiger partial charge in [-0.3, -0.25) is 0 Å². The molecule has 0 amide bonds. The van der Waals surface area contributed by atoms with Gasteiger partial charge in [-0.25, -0.2) is 0 Å². The molecule has 18 heavy (non-hydrogen) atoms. The van der Waals surface area contributed by atoms with Crippen LogP contribution in [0.5, 0.6) is 0 Å². The molecule has 0 bridgehead atoms. The molecule has 2 aliphatic rings. The highest BCUT2D eigenvalue weighted by molar-refractivity contribution is 7.10. The molecule has 1 saturated heterocycles. The van der Waals surface area contributed by atoms with Crippen molar-refractivity contribution in [3.63, 3.8) is 0 Å². The lowest BCUT2D eigenvalue weighted by Crippen LogP contribution is -2.69. The Bertz CT molecular complexity index is 401. The third-order valence-electron chi connectivity index (χ3n) is 4.73. The summed E-state index contributed by atoms with van der Waals surface area (Å²) in [6.45, 7) is 7.92. The van der Waals surface area contributed by atoms with E-state index in [1.165, 1.54) is 17.7 Å². The molecule has 100 valence electrons. The molecular weight excluding hydrogens is 242 g/mol. The van der Waals surface area contributed by atoms with E-state index in [2.05, 4.69) is 43.6 Å². The highest BCUT2D eigenvalue weighted by Gasteiger charge is 2.57. The minimum Gasteiger partial charge on any atom is -0.377 e. The summed E-state index contributed by atoms with van der Waals surface area (Å²) in [4.78, 5) is 1.44. The first-order chi connectivity index (χ1) is 8.60. The minimum atomic E-state index is 0.274. The highest BCUT2D eigenvalue weighted by Crippen LogP contribution is 2.51. The van der Waals surface area contributed by atoms with Gasteiger partial charge in [-0.2, -0.15) is 0 Å². The van der Waals surface area contributed by atoms with Crippen LogP contribution in [0.1, 0.15) is 44.5 Å². The fraction of sp³-hybridized carbons (Fsp3) is 0.733. The van der Waals surface area contributed by atoms with Crippen LogP contribution in [0.25, 0.3) is 0 Å². The van der Waals surface area contributed by atoms with Crippen LogP contribution in [-0.4, -0.2) is 18.8 Å². The predicted molar refractivity (Wildman–Crippen MR) is 75.9 cm³/mol. The standard InChI is InChI=1S/C15H23NOS/c1-10(12-7-5-9-18-12)16-13-11-6-4-8-17-14(11)15(13,2)3/h5,7,9-11,13-14,16H,4,6,8H2,1-3H3/t10-,11?,13?,14?/m1/s1. The molecule has 1 aliphatic heterocycles. The van der Waals surface area contributed by atoms with Crippen LogP contribution in [0.4, 0.5) is 0 Å². The molecule has 1 N–H and O–H groups in total. The van der Waals surface area contributed by atoms with Gasteiger partial charge in [0.15, 0.2) is 0 Å². The monoisotopic (exact) mass is 265 g/mol. The number of hydrogen-bond acceptors (Lipinski definition) is 3. The smallest absolute Gasteiger partial charge is 0.0684 e. The maximum atomic E-state index is 5.96. The number of hydrogen-bond donors (Lipinski definition) is 1. The summed E-state index contributed by atoms with van der Waals surface area (Å²) in [6.07, 6.45) is 3.02. The van der Waals surface area contributed by atoms with Crippen molar-refractivity contribution in [2.75, 3.05) is 6.61 Å². The van der Waals surface area contributed by atoms with Crippen molar-refractivity contribution < 1.29 is 4.74 Å². The van der Waals surface area contributed by atoms with E-state index in [4.69, 9.17) is 4.74 Å². The summed E-state index contributed by atoms with van der Waals surface area (Å²) >= 11 is 1.84. The average Bonchev–Trinajstić information content (AvgIpc) is 2.89. The molecule has 0 aromatic carbocycles. The Morgan fingerprint density at radius 1 is 1.50 bits per heavy atom. The lowest BCUT2D eigenvalue weighted by atomic mass is 9.55. The summed E-state index contributed by atoms with van der Waals surface area (Å²) in [5.41, 5.74) is 0.274. The van der Waals surface area contributed by atoms with Crippen molar-refractivity contribution in [1.82, 2.24) is 5.32 Å². The first-order valence-corrected chi connectivity index (χ1v) is 7.89. The van der Waals surface area contributed by atoms with Crippen molar-refractivity contribution in [3.05, 3.63) is 22.4 Å². The van der Waals surface area contributed by atoms with Gasteiger partial charge in [-0.15, -0.1) is 11.3 Å². The van der Waals surface area contributed by atoms with Gasteiger partial charge in [0.1, 0.15) is 0 Å². The van der Waals surface area contributed by atoms with Crippen molar-refractivity contribution >= 4 is 11.3 Å². The molecule has 3 unspecified atom stereocenters. The maximum Gasteiger partial charge on any atom is 0.0684 e. The predicted octanol–water partition coefficient (Wildman–Crippen LogP) is 3.60. The van der Waals surface area contributed by atoms with Crippen LogP contribution < -0.4 is 5.32 Å². The summed E-state index contributed by atoms with van der Waals surface area (Å²) in [5.74, 6) is 0.719. The van der Waals surface area contributed by atoms with Crippen LogP contribution >= 0.6 is 11.3 Å². The maximum absolute atomic E-state index is 5.96. The molecule has 1 saturated carbocycles. The lowest BCUT2D eigenvalue weighted by molar-refractivity contribution is -0.194. The molecule has 4 atom stereocenters. The molecule has 3 rings (SSSR count). The van der Waals surface area contributed by atoms with Crippen molar-refractivity contribution in [3.8, 4) is 0 Å². The van der Waals surface area contributed by atoms with E-state index in [1.54, 1.807) is 0 Å². The van der Waals surface area contributed by atoms with Crippen LogP contribution in [0.2, 0.25) is 0 Å². The second kappa shape index (κ2) is 4.62.